The molecule has 0 spiro atoms. The zero-order valence-electron chi connectivity index (χ0n) is 18.6. The standard InChI is InChI=1S/C19H23FN6.C4H4O4/c20-16-13-22-19(23-14-16)26-11-9-25(10-12-26)8-7-21-18-6-5-15-3-1-2-4-17(15)24-18;5-3(6)1-2-4(7)8/h1-4,13-14H,5-12H2,(H,21,24);1-2H,(H,5,6)(H,7,8)/b;2-1+. The summed E-state index contributed by atoms with van der Waals surface area (Å²) in [4.78, 5) is 36.5. The second-order valence-corrected chi connectivity index (χ2v) is 7.65. The van der Waals surface area contributed by atoms with E-state index in [1.54, 1.807) is 0 Å². The lowest BCUT2D eigenvalue weighted by atomic mass is 10.0. The van der Waals surface area contributed by atoms with Crippen LogP contribution < -0.4 is 10.2 Å². The van der Waals surface area contributed by atoms with Gasteiger partial charge in [0.05, 0.1) is 18.9 Å². The summed E-state index contributed by atoms with van der Waals surface area (Å²) < 4.78 is 12.9. The molecule has 3 heterocycles. The molecule has 2 aliphatic rings. The minimum atomic E-state index is -1.26. The van der Waals surface area contributed by atoms with Crippen molar-refractivity contribution in [3.05, 3.63) is 60.2 Å². The number of hydrogen-bond donors (Lipinski definition) is 3. The number of carbonyl (C=O) groups is 2. The molecule has 2 aromatic rings. The van der Waals surface area contributed by atoms with Crippen LogP contribution in [0, 0.1) is 5.82 Å². The molecule has 0 amide bonds. The molecule has 11 heteroatoms. The minimum absolute atomic E-state index is 0.398. The summed E-state index contributed by atoms with van der Waals surface area (Å²) >= 11 is 0. The fourth-order valence-electron chi connectivity index (χ4n) is 3.56. The van der Waals surface area contributed by atoms with E-state index < -0.39 is 17.8 Å². The zero-order chi connectivity index (χ0) is 24.3. The monoisotopic (exact) mass is 470 g/mol. The van der Waals surface area contributed by atoms with Crippen molar-refractivity contribution in [3.8, 4) is 0 Å². The fraction of sp³-hybridized carbons (Fsp3) is 0.348. The number of nitrogens with one attached hydrogen (secondary N) is 1. The van der Waals surface area contributed by atoms with Crippen molar-refractivity contribution in [2.75, 3.05) is 49.5 Å². The summed E-state index contributed by atoms with van der Waals surface area (Å²) in [5.41, 5.74) is 2.55. The first-order chi connectivity index (χ1) is 16.4. The summed E-state index contributed by atoms with van der Waals surface area (Å²) in [6.07, 6.45) is 5.59. The maximum absolute atomic E-state index is 12.9. The average Bonchev–Trinajstić information content (AvgIpc) is 2.84. The van der Waals surface area contributed by atoms with Crippen molar-refractivity contribution in [3.63, 3.8) is 0 Å². The van der Waals surface area contributed by atoms with E-state index >= 15 is 0 Å². The van der Waals surface area contributed by atoms with Crippen LogP contribution in [0.25, 0.3) is 0 Å². The number of anilines is 2. The topological polar surface area (TPSA) is 131 Å². The molecule has 1 saturated heterocycles. The first-order valence-electron chi connectivity index (χ1n) is 10.9. The van der Waals surface area contributed by atoms with Gasteiger partial charge >= 0.3 is 11.9 Å². The molecule has 180 valence electrons. The summed E-state index contributed by atoms with van der Waals surface area (Å²) in [6.45, 7) is 5.36. The van der Waals surface area contributed by atoms with Crippen LogP contribution >= 0.6 is 0 Å². The van der Waals surface area contributed by atoms with Gasteiger partial charge in [-0.3, -0.25) is 9.89 Å². The Morgan fingerprint density at radius 1 is 1.03 bits per heavy atom. The molecule has 0 saturated carbocycles. The molecule has 3 N–H and O–H groups in total. The van der Waals surface area contributed by atoms with Gasteiger partial charge in [-0.25, -0.2) is 23.9 Å². The second-order valence-electron chi connectivity index (χ2n) is 7.65. The number of carboxylic acids is 2. The molecule has 10 nitrogen and oxygen atoms in total. The van der Waals surface area contributed by atoms with Gasteiger partial charge in [-0.1, -0.05) is 18.2 Å². The maximum Gasteiger partial charge on any atom is 0.328 e. The smallest absolute Gasteiger partial charge is 0.328 e. The number of aliphatic carboxylic acids is 2. The van der Waals surface area contributed by atoms with Crippen LogP contribution in [-0.4, -0.2) is 82.1 Å². The SMILES string of the molecule is Fc1cnc(N2CCN(CCN=C3CCc4ccccc4N3)CC2)nc1.O=C(O)/C=C/C(=O)O. The largest absolute Gasteiger partial charge is 0.478 e. The van der Waals surface area contributed by atoms with E-state index in [0.717, 1.165) is 57.9 Å². The van der Waals surface area contributed by atoms with Crippen LogP contribution in [0.1, 0.15) is 12.0 Å². The van der Waals surface area contributed by atoms with Crippen molar-refractivity contribution < 1.29 is 24.2 Å². The Kier molecular flexibility index (Phi) is 9.04. The van der Waals surface area contributed by atoms with Gasteiger partial charge in [0.1, 0.15) is 5.84 Å². The Bertz CT molecular complexity index is 1020. The Morgan fingerprint density at radius 2 is 1.68 bits per heavy atom. The van der Waals surface area contributed by atoms with Crippen molar-refractivity contribution >= 4 is 29.4 Å². The number of carboxylic acid groups (broad SMARTS) is 2. The van der Waals surface area contributed by atoms with E-state index in [1.165, 1.54) is 23.6 Å². The van der Waals surface area contributed by atoms with Crippen LogP contribution in [0.3, 0.4) is 0 Å². The predicted octanol–water partition coefficient (Wildman–Crippen LogP) is 1.91. The molecule has 34 heavy (non-hydrogen) atoms. The van der Waals surface area contributed by atoms with Gasteiger partial charge < -0.3 is 20.4 Å². The number of benzene rings is 1. The summed E-state index contributed by atoms with van der Waals surface area (Å²) in [5.74, 6) is -1.22. The Balaban J connectivity index is 0.000000350. The van der Waals surface area contributed by atoms with Crippen LogP contribution in [0.15, 0.2) is 53.8 Å². The Hall–Kier alpha value is -3.86. The second kappa shape index (κ2) is 12.4. The van der Waals surface area contributed by atoms with Gasteiger partial charge in [0, 0.05) is 57.0 Å². The fourth-order valence-corrected chi connectivity index (χ4v) is 3.56. The third-order valence-electron chi connectivity index (χ3n) is 5.28. The molecule has 0 atom stereocenters. The minimum Gasteiger partial charge on any atom is -0.478 e. The predicted molar refractivity (Wildman–Crippen MR) is 126 cm³/mol. The van der Waals surface area contributed by atoms with Crippen LogP contribution in [0.4, 0.5) is 16.0 Å². The van der Waals surface area contributed by atoms with E-state index in [1.807, 2.05) is 0 Å². The number of aryl methyl sites for hydroxylation is 1. The normalized spacial score (nSPS) is 17.0. The third-order valence-corrected chi connectivity index (χ3v) is 5.28. The number of aliphatic imine (C=N–C) groups is 1. The lowest BCUT2D eigenvalue weighted by Crippen LogP contribution is -2.47. The quantitative estimate of drug-likeness (QED) is 0.542. The van der Waals surface area contributed by atoms with Gasteiger partial charge in [0.2, 0.25) is 5.95 Å². The summed E-state index contributed by atoms with van der Waals surface area (Å²) in [7, 11) is 0. The van der Waals surface area contributed by atoms with E-state index in [4.69, 9.17) is 15.2 Å². The van der Waals surface area contributed by atoms with E-state index in [2.05, 4.69) is 49.4 Å². The number of halogens is 1. The highest BCUT2D eigenvalue weighted by atomic mass is 19.1. The highest BCUT2D eigenvalue weighted by molar-refractivity contribution is 5.98. The van der Waals surface area contributed by atoms with Gasteiger partial charge in [-0.05, 0) is 18.1 Å². The average molecular weight is 471 g/mol. The maximum atomic E-state index is 12.9. The van der Waals surface area contributed by atoms with Crippen LogP contribution in [0.2, 0.25) is 0 Å². The van der Waals surface area contributed by atoms with Crippen molar-refractivity contribution in [1.29, 1.82) is 0 Å². The molecule has 1 aromatic carbocycles. The lowest BCUT2D eigenvalue weighted by molar-refractivity contribution is -0.134. The summed E-state index contributed by atoms with van der Waals surface area (Å²) in [5, 5.41) is 19.1. The first-order valence-corrected chi connectivity index (χ1v) is 10.9. The number of nitrogens with zero attached hydrogens (tertiary/aromatic N) is 5. The van der Waals surface area contributed by atoms with Crippen LogP contribution in [0.5, 0.6) is 0 Å². The highest BCUT2D eigenvalue weighted by Crippen LogP contribution is 2.21. The number of para-hydroxylation sites is 1. The molecule has 2 aliphatic heterocycles. The van der Waals surface area contributed by atoms with Gasteiger partial charge in [0.15, 0.2) is 5.82 Å². The van der Waals surface area contributed by atoms with E-state index in [9.17, 15) is 14.0 Å². The number of amidine groups is 1. The van der Waals surface area contributed by atoms with Crippen molar-refractivity contribution in [2.45, 2.75) is 12.8 Å². The van der Waals surface area contributed by atoms with Crippen LogP contribution in [-0.2, 0) is 16.0 Å². The third kappa shape index (κ3) is 7.93. The van der Waals surface area contributed by atoms with E-state index in [0.29, 0.717) is 18.1 Å². The molecule has 0 aliphatic carbocycles. The van der Waals surface area contributed by atoms with Crippen molar-refractivity contribution in [1.82, 2.24) is 14.9 Å². The molecule has 1 aromatic heterocycles. The Morgan fingerprint density at radius 3 is 2.32 bits per heavy atom. The Labute approximate surface area is 196 Å². The molecule has 0 radical (unpaired) electrons. The molecule has 0 bridgehead atoms. The van der Waals surface area contributed by atoms with Gasteiger partial charge in [0.25, 0.3) is 0 Å². The molecule has 0 unspecified atom stereocenters. The number of piperazine rings is 1. The molecule has 4 rings (SSSR count). The molecular formula is C23H27FN6O4. The molecule has 1 fully saturated rings. The number of fused-ring (bicyclic) bond motifs is 1. The van der Waals surface area contributed by atoms with E-state index in [-0.39, 0.29) is 0 Å². The summed E-state index contributed by atoms with van der Waals surface area (Å²) in [6, 6.07) is 8.42. The van der Waals surface area contributed by atoms with Crippen molar-refractivity contribution in [2.24, 2.45) is 4.99 Å². The van der Waals surface area contributed by atoms with Gasteiger partial charge in [-0.15, -0.1) is 0 Å². The lowest BCUT2D eigenvalue weighted by Gasteiger charge is -2.34. The number of rotatable bonds is 6. The zero-order valence-corrected chi connectivity index (χ0v) is 18.6. The first kappa shape index (κ1) is 24.8. The highest BCUT2D eigenvalue weighted by Gasteiger charge is 2.19. The number of aromatic nitrogens is 2. The molecular weight excluding hydrogens is 443 g/mol. The van der Waals surface area contributed by atoms with Gasteiger partial charge in [-0.2, -0.15) is 0 Å². The number of hydrogen-bond acceptors (Lipinski definition) is 7.